The first-order valence-electron chi connectivity index (χ1n) is 5.77. The Morgan fingerprint density at radius 1 is 1.35 bits per heavy atom. The summed E-state index contributed by atoms with van der Waals surface area (Å²) >= 11 is 0. The Balaban J connectivity index is 3.04. The molecule has 0 aromatic carbocycles. The van der Waals surface area contributed by atoms with E-state index < -0.39 is 5.97 Å². The first kappa shape index (κ1) is 13.5. The van der Waals surface area contributed by atoms with Gasteiger partial charge in [0, 0.05) is 18.3 Å². The first-order valence-corrected chi connectivity index (χ1v) is 5.77. The lowest BCUT2D eigenvalue weighted by Crippen LogP contribution is -2.16. The number of hydrogen-bond acceptors (Lipinski definition) is 2. The summed E-state index contributed by atoms with van der Waals surface area (Å²) in [5.74, 6) is -0.267. The molecule has 4 heteroatoms. The topological polar surface area (TPSA) is 59.3 Å². The van der Waals surface area contributed by atoms with Gasteiger partial charge < -0.3 is 9.67 Å². The lowest BCUT2D eigenvalue weighted by Gasteiger charge is -2.17. The van der Waals surface area contributed by atoms with Gasteiger partial charge in [-0.1, -0.05) is 20.8 Å². The molecule has 0 saturated carbocycles. The fraction of sp³-hybridized carbons (Fsp3) is 0.538. The van der Waals surface area contributed by atoms with Gasteiger partial charge in [-0.2, -0.15) is 0 Å². The van der Waals surface area contributed by atoms with Crippen molar-refractivity contribution in [2.24, 2.45) is 11.8 Å². The molecule has 0 radical (unpaired) electrons. The van der Waals surface area contributed by atoms with E-state index in [1.165, 1.54) is 13.0 Å². The lowest BCUT2D eigenvalue weighted by molar-refractivity contribution is 0.0683. The van der Waals surface area contributed by atoms with E-state index in [2.05, 4.69) is 20.8 Å². The monoisotopic (exact) mass is 237 g/mol. The second kappa shape index (κ2) is 5.17. The van der Waals surface area contributed by atoms with Crippen LogP contribution in [0.2, 0.25) is 0 Å². The molecule has 0 bridgehead atoms. The van der Waals surface area contributed by atoms with Gasteiger partial charge in [-0.05, 0) is 24.8 Å². The van der Waals surface area contributed by atoms with Crippen molar-refractivity contribution in [2.75, 3.05) is 0 Å². The second-order valence-electron chi connectivity index (χ2n) is 4.85. The second-order valence-corrected chi connectivity index (χ2v) is 4.85. The number of carbonyl (C=O) groups excluding carboxylic acids is 1. The van der Waals surface area contributed by atoms with Crippen molar-refractivity contribution in [3.8, 4) is 0 Å². The first-order chi connectivity index (χ1) is 7.82. The number of aromatic carboxylic acids is 1. The highest BCUT2D eigenvalue weighted by Gasteiger charge is 2.17. The molecule has 1 aromatic heterocycles. The number of aromatic nitrogens is 1. The molecule has 0 aliphatic heterocycles. The van der Waals surface area contributed by atoms with Crippen LogP contribution in [0.25, 0.3) is 0 Å². The number of carboxylic acids is 1. The number of carboxylic acid groups (broad SMARTS) is 1. The number of hydrogen-bond donors (Lipinski definition) is 1. The minimum absolute atomic E-state index is 0.108. The summed E-state index contributed by atoms with van der Waals surface area (Å²) < 4.78 is 1.66. The molecule has 1 unspecified atom stereocenters. The highest BCUT2D eigenvalue weighted by molar-refractivity contribution is 5.97. The van der Waals surface area contributed by atoms with Gasteiger partial charge in [0.05, 0.1) is 0 Å². The molecule has 4 nitrogen and oxygen atoms in total. The SMILES string of the molecule is CC(=O)c1cc(C(=O)O)n(CC(C)C(C)C)c1. The van der Waals surface area contributed by atoms with Gasteiger partial charge in [0.2, 0.25) is 0 Å². The summed E-state index contributed by atoms with van der Waals surface area (Å²) in [6, 6.07) is 1.44. The predicted octanol–water partition coefficient (Wildman–Crippen LogP) is 2.68. The van der Waals surface area contributed by atoms with Gasteiger partial charge >= 0.3 is 5.97 Å². The van der Waals surface area contributed by atoms with Crippen LogP contribution in [0.5, 0.6) is 0 Å². The largest absolute Gasteiger partial charge is 0.477 e. The summed E-state index contributed by atoms with van der Waals surface area (Å²) in [7, 11) is 0. The molecular weight excluding hydrogens is 218 g/mol. The molecule has 94 valence electrons. The van der Waals surface area contributed by atoms with Gasteiger partial charge in [-0.15, -0.1) is 0 Å². The maximum Gasteiger partial charge on any atom is 0.352 e. The fourth-order valence-electron chi connectivity index (χ4n) is 1.55. The van der Waals surface area contributed by atoms with Crippen molar-refractivity contribution < 1.29 is 14.7 Å². The molecule has 1 aromatic rings. The molecule has 0 aliphatic rings. The van der Waals surface area contributed by atoms with E-state index in [1.807, 2.05) is 0 Å². The molecule has 0 amide bonds. The molecular formula is C13H19NO3. The number of rotatable bonds is 5. The summed E-state index contributed by atoms with van der Waals surface area (Å²) in [6.45, 7) is 8.33. The summed E-state index contributed by atoms with van der Waals surface area (Å²) in [5.41, 5.74) is 0.640. The van der Waals surface area contributed by atoms with E-state index in [0.29, 0.717) is 23.9 Å². The van der Waals surface area contributed by atoms with Crippen LogP contribution in [0, 0.1) is 11.8 Å². The van der Waals surface area contributed by atoms with Crippen molar-refractivity contribution in [3.63, 3.8) is 0 Å². The number of ketones is 1. The smallest absolute Gasteiger partial charge is 0.352 e. The molecule has 1 heterocycles. The van der Waals surface area contributed by atoms with Gasteiger partial charge in [-0.25, -0.2) is 4.79 Å². The Kier molecular flexibility index (Phi) is 4.10. The van der Waals surface area contributed by atoms with E-state index in [1.54, 1.807) is 10.8 Å². The molecule has 1 atom stereocenters. The maximum atomic E-state index is 11.2. The van der Waals surface area contributed by atoms with E-state index >= 15 is 0 Å². The number of carbonyl (C=O) groups is 2. The molecule has 0 saturated heterocycles. The Morgan fingerprint density at radius 2 is 1.94 bits per heavy atom. The standard InChI is InChI=1S/C13H19NO3/c1-8(2)9(3)6-14-7-11(10(4)15)5-12(14)13(16)17/h5,7-9H,6H2,1-4H3,(H,16,17). The zero-order chi connectivity index (χ0) is 13.2. The van der Waals surface area contributed by atoms with Crippen LogP contribution >= 0.6 is 0 Å². The minimum atomic E-state index is -0.992. The summed E-state index contributed by atoms with van der Waals surface area (Å²) in [6.07, 6.45) is 1.63. The highest BCUT2D eigenvalue weighted by atomic mass is 16.4. The fourth-order valence-corrected chi connectivity index (χ4v) is 1.55. The Morgan fingerprint density at radius 3 is 2.35 bits per heavy atom. The van der Waals surface area contributed by atoms with Crippen molar-refractivity contribution >= 4 is 11.8 Å². The van der Waals surface area contributed by atoms with Crippen molar-refractivity contribution in [2.45, 2.75) is 34.2 Å². The molecule has 0 fully saturated rings. The van der Waals surface area contributed by atoms with Crippen molar-refractivity contribution in [3.05, 3.63) is 23.5 Å². The Bertz CT molecular complexity index is 432. The highest BCUT2D eigenvalue weighted by Crippen LogP contribution is 2.17. The van der Waals surface area contributed by atoms with Crippen molar-refractivity contribution in [1.82, 2.24) is 4.57 Å². The minimum Gasteiger partial charge on any atom is -0.477 e. The maximum absolute atomic E-state index is 11.2. The predicted molar refractivity (Wildman–Crippen MR) is 65.4 cm³/mol. The third-order valence-corrected chi connectivity index (χ3v) is 3.14. The van der Waals surface area contributed by atoms with E-state index in [-0.39, 0.29) is 11.5 Å². The molecule has 0 spiro atoms. The van der Waals surface area contributed by atoms with Crippen LogP contribution in [0.15, 0.2) is 12.3 Å². The van der Waals surface area contributed by atoms with Crippen molar-refractivity contribution in [1.29, 1.82) is 0 Å². The summed E-state index contributed by atoms with van der Waals surface area (Å²) in [5, 5.41) is 9.08. The summed E-state index contributed by atoms with van der Waals surface area (Å²) in [4.78, 5) is 22.3. The van der Waals surface area contributed by atoms with Gasteiger partial charge in [0.15, 0.2) is 5.78 Å². The van der Waals surface area contributed by atoms with Crippen LogP contribution in [0.4, 0.5) is 0 Å². The molecule has 1 rings (SSSR count). The third kappa shape index (κ3) is 3.19. The molecule has 0 aliphatic carbocycles. The zero-order valence-electron chi connectivity index (χ0n) is 10.7. The van der Waals surface area contributed by atoms with E-state index in [0.717, 1.165) is 0 Å². The lowest BCUT2D eigenvalue weighted by atomic mass is 9.98. The van der Waals surface area contributed by atoms with Crippen LogP contribution in [-0.4, -0.2) is 21.4 Å². The quantitative estimate of drug-likeness (QED) is 0.801. The zero-order valence-corrected chi connectivity index (χ0v) is 10.7. The number of nitrogens with zero attached hydrogens (tertiary/aromatic N) is 1. The van der Waals surface area contributed by atoms with Gasteiger partial charge in [0.1, 0.15) is 5.69 Å². The molecule has 1 N–H and O–H groups in total. The van der Waals surface area contributed by atoms with Gasteiger partial charge in [0.25, 0.3) is 0 Å². The van der Waals surface area contributed by atoms with E-state index in [9.17, 15) is 9.59 Å². The van der Waals surface area contributed by atoms with Crippen LogP contribution in [0.3, 0.4) is 0 Å². The van der Waals surface area contributed by atoms with Crippen LogP contribution in [0.1, 0.15) is 48.5 Å². The number of Topliss-reactive ketones (excluding diaryl/α,β-unsaturated/α-hetero) is 1. The van der Waals surface area contributed by atoms with Gasteiger partial charge in [-0.3, -0.25) is 4.79 Å². The molecule has 17 heavy (non-hydrogen) atoms. The average molecular weight is 237 g/mol. The van der Waals surface area contributed by atoms with E-state index in [4.69, 9.17) is 5.11 Å². The Hall–Kier alpha value is -1.58. The third-order valence-electron chi connectivity index (χ3n) is 3.14. The normalized spacial score (nSPS) is 12.8. The average Bonchev–Trinajstić information content (AvgIpc) is 2.61. The van der Waals surface area contributed by atoms with Crippen LogP contribution in [-0.2, 0) is 6.54 Å². The Labute approximate surface area is 101 Å². The van der Waals surface area contributed by atoms with Crippen LogP contribution < -0.4 is 0 Å².